The third kappa shape index (κ3) is 4.04. The first-order valence-corrected chi connectivity index (χ1v) is 6.44. The molecule has 1 saturated heterocycles. The Kier molecular flexibility index (Phi) is 4.77. The summed E-state index contributed by atoms with van der Waals surface area (Å²) in [4.78, 5) is 0. The van der Waals surface area contributed by atoms with E-state index in [1.54, 1.807) is 0 Å². The number of hydrogen-bond acceptors (Lipinski definition) is 3. The third-order valence-corrected chi connectivity index (χ3v) is 3.49. The van der Waals surface area contributed by atoms with E-state index in [0.29, 0.717) is 11.3 Å². The summed E-state index contributed by atoms with van der Waals surface area (Å²) in [5.41, 5.74) is 6.26. The molecule has 16 heavy (non-hydrogen) atoms. The van der Waals surface area contributed by atoms with E-state index in [4.69, 9.17) is 10.5 Å². The molecule has 1 heterocycles. The fraction of sp³-hybridized carbons (Fsp3) is 1.00. The first-order valence-electron chi connectivity index (χ1n) is 6.44. The van der Waals surface area contributed by atoms with Crippen LogP contribution in [0.5, 0.6) is 0 Å². The van der Waals surface area contributed by atoms with Gasteiger partial charge < -0.3 is 15.8 Å². The zero-order chi connectivity index (χ0) is 12.2. The van der Waals surface area contributed by atoms with Crippen molar-refractivity contribution in [3.8, 4) is 0 Å². The van der Waals surface area contributed by atoms with Crippen molar-refractivity contribution < 1.29 is 4.74 Å². The van der Waals surface area contributed by atoms with Gasteiger partial charge in [0.25, 0.3) is 0 Å². The predicted octanol–water partition coefficient (Wildman–Crippen LogP) is 1.77. The minimum Gasteiger partial charge on any atom is -0.380 e. The lowest BCUT2D eigenvalue weighted by Gasteiger charge is -2.35. The molecular weight excluding hydrogens is 200 g/mol. The van der Waals surface area contributed by atoms with E-state index in [1.807, 2.05) is 6.92 Å². The van der Waals surface area contributed by atoms with Crippen LogP contribution in [0.15, 0.2) is 0 Å². The summed E-state index contributed by atoms with van der Waals surface area (Å²) in [6.07, 6.45) is 2.36. The summed E-state index contributed by atoms with van der Waals surface area (Å²) in [5.74, 6) is 0.596. The van der Waals surface area contributed by atoms with Crippen LogP contribution in [-0.4, -0.2) is 31.8 Å². The maximum atomic E-state index is 5.81. The summed E-state index contributed by atoms with van der Waals surface area (Å²) in [6.45, 7) is 12.4. The maximum absolute atomic E-state index is 5.81. The molecule has 3 heteroatoms. The van der Waals surface area contributed by atoms with Crippen molar-refractivity contribution in [3.05, 3.63) is 0 Å². The number of rotatable bonds is 4. The lowest BCUT2D eigenvalue weighted by Crippen LogP contribution is -2.48. The zero-order valence-electron chi connectivity index (χ0n) is 11.3. The average molecular weight is 228 g/mol. The molecule has 3 nitrogen and oxygen atoms in total. The molecule has 0 aromatic heterocycles. The van der Waals surface area contributed by atoms with Gasteiger partial charge in [-0.1, -0.05) is 13.8 Å². The van der Waals surface area contributed by atoms with Crippen molar-refractivity contribution in [2.45, 2.75) is 46.1 Å². The largest absolute Gasteiger partial charge is 0.380 e. The Morgan fingerprint density at radius 1 is 1.38 bits per heavy atom. The molecule has 0 radical (unpaired) electrons. The van der Waals surface area contributed by atoms with E-state index in [-0.39, 0.29) is 5.54 Å². The number of nitrogens with one attached hydrogen (secondary N) is 1. The molecule has 1 aliphatic heterocycles. The van der Waals surface area contributed by atoms with Gasteiger partial charge in [0.05, 0.1) is 6.61 Å². The first kappa shape index (κ1) is 13.9. The van der Waals surface area contributed by atoms with Gasteiger partial charge in [0.2, 0.25) is 0 Å². The molecule has 96 valence electrons. The molecule has 0 aromatic rings. The minimum atomic E-state index is 0.101. The molecule has 0 amide bonds. The SMILES string of the molecule is CCOC[C@@]1(C)CC(C)(C)C[C@H](CN)CN1. The molecule has 0 aromatic carbocycles. The minimum absolute atomic E-state index is 0.101. The Morgan fingerprint density at radius 3 is 2.62 bits per heavy atom. The second-order valence-corrected chi connectivity index (χ2v) is 6.23. The molecule has 0 unspecified atom stereocenters. The summed E-state index contributed by atoms with van der Waals surface area (Å²) in [7, 11) is 0. The maximum Gasteiger partial charge on any atom is 0.0645 e. The highest BCUT2D eigenvalue weighted by Crippen LogP contribution is 2.36. The summed E-state index contributed by atoms with van der Waals surface area (Å²) in [6, 6.07) is 0. The van der Waals surface area contributed by atoms with Crippen LogP contribution in [0.25, 0.3) is 0 Å². The van der Waals surface area contributed by atoms with Crippen molar-refractivity contribution >= 4 is 0 Å². The Morgan fingerprint density at radius 2 is 2.06 bits per heavy atom. The van der Waals surface area contributed by atoms with E-state index < -0.39 is 0 Å². The predicted molar refractivity (Wildman–Crippen MR) is 68.5 cm³/mol. The molecule has 1 fully saturated rings. The summed E-state index contributed by atoms with van der Waals surface area (Å²) >= 11 is 0. The van der Waals surface area contributed by atoms with Crippen LogP contribution in [0, 0.1) is 11.3 Å². The molecule has 2 atom stereocenters. The molecule has 0 aliphatic carbocycles. The van der Waals surface area contributed by atoms with E-state index in [2.05, 4.69) is 26.1 Å². The normalized spacial score (nSPS) is 34.7. The second kappa shape index (κ2) is 5.48. The first-order chi connectivity index (χ1) is 7.41. The Balaban J connectivity index is 2.67. The van der Waals surface area contributed by atoms with Crippen LogP contribution in [-0.2, 0) is 4.74 Å². The van der Waals surface area contributed by atoms with E-state index in [1.165, 1.54) is 6.42 Å². The van der Waals surface area contributed by atoms with Gasteiger partial charge in [0.1, 0.15) is 0 Å². The van der Waals surface area contributed by atoms with Crippen LogP contribution in [0.3, 0.4) is 0 Å². The van der Waals surface area contributed by atoms with Crippen molar-refractivity contribution in [1.29, 1.82) is 0 Å². The lowest BCUT2D eigenvalue weighted by molar-refractivity contribution is 0.0664. The van der Waals surface area contributed by atoms with Crippen LogP contribution >= 0.6 is 0 Å². The fourth-order valence-electron chi connectivity index (χ4n) is 3.03. The Bertz CT molecular complexity index is 218. The molecule has 0 spiro atoms. The van der Waals surface area contributed by atoms with Gasteiger partial charge in [0, 0.05) is 12.1 Å². The second-order valence-electron chi connectivity index (χ2n) is 6.23. The molecule has 0 saturated carbocycles. The molecule has 3 N–H and O–H groups in total. The van der Waals surface area contributed by atoms with Crippen LogP contribution in [0.4, 0.5) is 0 Å². The van der Waals surface area contributed by atoms with Crippen molar-refractivity contribution in [2.75, 3.05) is 26.3 Å². The van der Waals surface area contributed by atoms with Crippen molar-refractivity contribution in [1.82, 2.24) is 5.32 Å². The summed E-state index contributed by atoms with van der Waals surface area (Å²) < 4.78 is 5.60. The zero-order valence-corrected chi connectivity index (χ0v) is 11.3. The molecule has 0 bridgehead atoms. The standard InChI is InChI=1S/C13H28N2O/c1-5-16-10-13(4)9-12(2,3)6-11(7-14)8-15-13/h11,15H,5-10,14H2,1-4H3/t11-,13-/m1/s1. The monoisotopic (exact) mass is 228 g/mol. The smallest absolute Gasteiger partial charge is 0.0645 e. The van der Waals surface area contributed by atoms with E-state index >= 15 is 0 Å². The fourth-order valence-corrected chi connectivity index (χ4v) is 3.03. The van der Waals surface area contributed by atoms with Gasteiger partial charge in [-0.3, -0.25) is 0 Å². The average Bonchev–Trinajstić information content (AvgIpc) is 2.31. The Hall–Kier alpha value is -0.120. The van der Waals surface area contributed by atoms with E-state index in [0.717, 1.165) is 32.7 Å². The van der Waals surface area contributed by atoms with Gasteiger partial charge in [-0.05, 0) is 51.1 Å². The van der Waals surface area contributed by atoms with Gasteiger partial charge in [-0.2, -0.15) is 0 Å². The van der Waals surface area contributed by atoms with Crippen LogP contribution < -0.4 is 11.1 Å². The highest BCUT2D eigenvalue weighted by Gasteiger charge is 2.37. The van der Waals surface area contributed by atoms with Crippen LogP contribution in [0.2, 0.25) is 0 Å². The van der Waals surface area contributed by atoms with Crippen molar-refractivity contribution in [3.63, 3.8) is 0 Å². The highest BCUT2D eigenvalue weighted by atomic mass is 16.5. The van der Waals surface area contributed by atoms with Gasteiger partial charge in [0.15, 0.2) is 0 Å². The van der Waals surface area contributed by atoms with Gasteiger partial charge in [-0.25, -0.2) is 0 Å². The lowest BCUT2D eigenvalue weighted by atomic mass is 9.76. The molecule has 1 aliphatic rings. The van der Waals surface area contributed by atoms with Crippen molar-refractivity contribution in [2.24, 2.45) is 17.1 Å². The summed E-state index contributed by atoms with van der Waals surface area (Å²) in [5, 5.41) is 3.64. The molecular formula is C13H28N2O. The van der Waals surface area contributed by atoms with Gasteiger partial charge >= 0.3 is 0 Å². The quantitative estimate of drug-likeness (QED) is 0.771. The Labute approximate surface area is 100 Å². The highest BCUT2D eigenvalue weighted by molar-refractivity contribution is 4.94. The number of nitrogens with two attached hydrogens (primary N) is 1. The van der Waals surface area contributed by atoms with E-state index in [9.17, 15) is 0 Å². The van der Waals surface area contributed by atoms with Crippen LogP contribution in [0.1, 0.15) is 40.5 Å². The van der Waals surface area contributed by atoms with Gasteiger partial charge in [-0.15, -0.1) is 0 Å². The third-order valence-electron chi connectivity index (χ3n) is 3.49. The molecule has 1 rings (SSSR count). The topological polar surface area (TPSA) is 47.3 Å². The number of hydrogen-bond donors (Lipinski definition) is 2. The number of ether oxygens (including phenoxy) is 1.